The summed E-state index contributed by atoms with van der Waals surface area (Å²) in [6.45, 7) is 1.50. The Morgan fingerprint density at radius 3 is 2.43 bits per heavy atom. The number of carbonyl (C=O) groups excluding carboxylic acids is 2. The highest BCUT2D eigenvalue weighted by Gasteiger charge is 2.24. The molecular weight excluding hydrogens is 365 g/mol. The topological polar surface area (TPSA) is 46.6 Å². The SMILES string of the molecule is C[C@@H](OC(=O)c1ccc(F)cc1Br)C(=O)N(C)c1ccccc1. The summed E-state index contributed by atoms with van der Waals surface area (Å²) >= 11 is 3.10. The summed E-state index contributed by atoms with van der Waals surface area (Å²) in [6, 6.07) is 12.7. The Morgan fingerprint density at radius 2 is 1.83 bits per heavy atom. The minimum atomic E-state index is -0.968. The number of benzene rings is 2. The van der Waals surface area contributed by atoms with Crippen LogP contribution < -0.4 is 4.90 Å². The maximum atomic E-state index is 13.1. The van der Waals surface area contributed by atoms with Crippen LogP contribution in [0.4, 0.5) is 10.1 Å². The molecule has 1 amide bonds. The summed E-state index contributed by atoms with van der Waals surface area (Å²) in [5.74, 6) is -1.52. The number of esters is 1. The van der Waals surface area contributed by atoms with Crippen molar-refractivity contribution in [1.82, 2.24) is 0 Å². The fraction of sp³-hybridized carbons (Fsp3) is 0.176. The van der Waals surface area contributed by atoms with E-state index in [0.29, 0.717) is 5.69 Å². The van der Waals surface area contributed by atoms with Crippen LogP contribution in [0.15, 0.2) is 53.0 Å². The van der Waals surface area contributed by atoms with E-state index in [1.807, 2.05) is 18.2 Å². The summed E-state index contributed by atoms with van der Waals surface area (Å²) in [7, 11) is 1.61. The highest BCUT2D eigenvalue weighted by atomic mass is 79.9. The van der Waals surface area contributed by atoms with Crippen molar-refractivity contribution in [2.75, 3.05) is 11.9 Å². The Kier molecular flexibility index (Phi) is 5.50. The number of carbonyl (C=O) groups is 2. The molecule has 6 heteroatoms. The van der Waals surface area contributed by atoms with Gasteiger partial charge in [0.1, 0.15) is 5.82 Å². The molecule has 23 heavy (non-hydrogen) atoms. The largest absolute Gasteiger partial charge is 0.449 e. The van der Waals surface area contributed by atoms with Gasteiger partial charge < -0.3 is 9.64 Å². The smallest absolute Gasteiger partial charge is 0.340 e. The molecule has 0 unspecified atom stereocenters. The zero-order valence-electron chi connectivity index (χ0n) is 12.6. The lowest BCUT2D eigenvalue weighted by Crippen LogP contribution is -2.37. The van der Waals surface area contributed by atoms with Gasteiger partial charge in [-0.1, -0.05) is 18.2 Å². The summed E-state index contributed by atoms with van der Waals surface area (Å²) in [4.78, 5) is 25.8. The predicted molar refractivity (Wildman–Crippen MR) is 88.8 cm³/mol. The van der Waals surface area contributed by atoms with Crippen LogP contribution in [-0.2, 0) is 9.53 Å². The second-order valence-electron chi connectivity index (χ2n) is 4.90. The van der Waals surface area contributed by atoms with Gasteiger partial charge in [0.2, 0.25) is 0 Å². The standard InChI is InChI=1S/C17H15BrFNO3/c1-11(16(21)20(2)13-6-4-3-5-7-13)23-17(22)14-9-8-12(19)10-15(14)18/h3-11H,1-2H3/t11-/m1/s1. The van der Waals surface area contributed by atoms with Crippen LogP contribution in [0, 0.1) is 5.82 Å². The quantitative estimate of drug-likeness (QED) is 0.759. The average molecular weight is 380 g/mol. The molecule has 0 heterocycles. The molecule has 0 saturated heterocycles. The van der Waals surface area contributed by atoms with Gasteiger partial charge in [-0.15, -0.1) is 0 Å². The summed E-state index contributed by atoms with van der Waals surface area (Å²) in [5, 5.41) is 0. The molecule has 2 aromatic rings. The van der Waals surface area contributed by atoms with E-state index in [4.69, 9.17) is 4.74 Å². The van der Waals surface area contributed by atoms with Crippen molar-refractivity contribution in [3.63, 3.8) is 0 Å². The van der Waals surface area contributed by atoms with Crippen LogP contribution in [0.2, 0.25) is 0 Å². The second-order valence-corrected chi connectivity index (χ2v) is 5.76. The van der Waals surface area contributed by atoms with Crippen molar-refractivity contribution in [2.45, 2.75) is 13.0 Å². The van der Waals surface area contributed by atoms with Gasteiger partial charge >= 0.3 is 5.97 Å². The van der Waals surface area contributed by atoms with Gasteiger partial charge in [0, 0.05) is 17.2 Å². The number of nitrogens with zero attached hydrogens (tertiary/aromatic N) is 1. The molecule has 0 aromatic heterocycles. The number of ether oxygens (including phenoxy) is 1. The van der Waals surface area contributed by atoms with Crippen LogP contribution in [0.1, 0.15) is 17.3 Å². The number of hydrogen-bond acceptors (Lipinski definition) is 3. The van der Waals surface area contributed by atoms with E-state index >= 15 is 0 Å². The van der Waals surface area contributed by atoms with Crippen molar-refractivity contribution in [3.05, 3.63) is 64.4 Å². The molecule has 120 valence electrons. The Morgan fingerprint density at radius 1 is 1.17 bits per heavy atom. The first-order valence-corrected chi connectivity index (χ1v) is 7.68. The second kappa shape index (κ2) is 7.37. The molecule has 0 fully saturated rings. The molecule has 0 aliphatic carbocycles. The number of para-hydroxylation sites is 1. The predicted octanol–water partition coefficient (Wildman–Crippen LogP) is 3.80. The Balaban J connectivity index is 2.07. The van der Waals surface area contributed by atoms with Crippen molar-refractivity contribution in [2.24, 2.45) is 0 Å². The molecule has 0 N–H and O–H groups in total. The molecule has 0 bridgehead atoms. The first kappa shape index (κ1) is 17.1. The maximum absolute atomic E-state index is 13.1. The van der Waals surface area contributed by atoms with Gasteiger partial charge in [0.05, 0.1) is 5.56 Å². The average Bonchev–Trinajstić information content (AvgIpc) is 2.54. The van der Waals surface area contributed by atoms with E-state index in [1.54, 1.807) is 19.2 Å². The molecule has 2 rings (SSSR count). The molecule has 0 spiro atoms. The van der Waals surface area contributed by atoms with Gasteiger partial charge in [-0.2, -0.15) is 0 Å². The minimum absolute atomic E-state index is 0.161. The van der Waals surface area contributed by atoms with E-state index < -0.39 is 17.9 Å². The van der Waals surface area contributed by atoms with Gasteiger partial charge in [-0.3, -0.25) is 4.79 Å². The van der Waals surface area contributed by atoms with Gasteiger partial charge in [0.15, 0.2) is 6.10 Å². The molecule has 0 saturated carbocycles. The Hall–Kier alpha value is -2.21. The highest BCUT2D eigenvalue weighted by molar-refractivity contribution is 9.10. The fourth-order valence-corrected chi connectivity index (χ4v) is 2.49. The third-order valence-electron chi connectivity index (χ3n) is 3.26. The third kappa shape index (κ3) is 4.16. The lowest BCUT2D eigenvalue weighted by molar-refractivity contribution is -0.126. The Labute approximate surface area is 142 Å². The van der Waals surface area contributed by atoms with Crippen LogP contribution in [0.3, 0.4) is 0 Å². The van der Waals surface area contributed by atoms with Gasteiger partial charge in [-0.05, 0) is 53.2 Å². The van der Waals surface area contributed by atoms with Crippen molar-refractivity contribution in [1.29, 1.82) is 0 Å². The van der Waals surface area contributed by atoms with E-state index in [1.165, 1.54) is 24.0 Å². The van der Waals surface area contributed by atoms with Gasteiger partial charge in [0.25, 0.3) is 5.91 Å². The zero-order valence-corrected chi connectivity index (χ0v) is 14.2. The number of hydrogen-bond donors (Lipinski definition) is 0. The number of amides is 1. The van der Waals surface area contributed by atoms with Crippen LogP contribution >= 0.6 is 15.9 Å². The molecule has 0 aliphatic rings. The monoisotopic (exact) mass is 379 g/mol. The molecule has 4 nitrogen and oxygen atoms in total. The van der Waals surface area contributed by atoms with Gasteiger partial charge in [-0.25, -0.2) is 9.18 Å². The molecule has 1 atom stereocenters. The molecular formula is C17H15BrFNO3. The maximum Gasteiger partial charge on any atom is 0.340 e. The Bertz CT molecular complexity index is 721. The van der Waals surface area contributed by atoms with E-state index in [-0.39, 0.29) is 15.9 Å². The number of likely N-dealkylation sites (N-methyl/N-ethyl adjacent to an activating group) is 1. The summed E-state index contributed by atoms with van der Waals surface area (Å²) in [5.41, 5.74) is 0.858. The number of anilines is 1. The van der Waals surface area contributed by atoms with E-state index in [9.17, 15) is 14.0 Å². The van der Waals surface area contributed by atoms with Crippen LogP contribution in [0.5, 0.6) is 0 Å². The first-order valence-electron chi connectivity index (χ1n) is 6.89. The van der Waals surface area contributed by atoms with Crippen molar-refractivity contribution < 1.29 is 18.7 Å². The molecule has 2 aromatic carbocycles. The first-order chi connectivity index (χ1) is 10.9. The third-order valence-corrected chi connectivity index (χ3v) is 3.91. The minimum Gasteiger partial charge on any atom is -0.449 e. The van der Waals surface area contributed by atoms with E-state index in [0.717, 1.165) is 6.07 Å². The van der Waals surface area contributed by atoms with E-state index in [2.05, 4.69) is 15.9 Å². The zero-order chi connectivity index (χ0) is 17.0. The molecule has 0 aliphatic heterocycles. The summed E-state index contributed by atoms with van der Waals surface area (Å²) in [6.07, 6.45) is -0.968. The lowest BCUT2D eigenvalue weighted by Gasteiger charge is -2.21. The number of halogens is 2. The lowest BCUT2D eigenvalue weighted by atomic mass is 10.2. The van der Waals surface area contributed by atoms with Crippen LogP contribution in [-0.4, -0.2) is 25.0 Å². The summed E-state index contributed by atoms with van der Waals surface area (Å²) < 4.78 is 18.5. The normalized spacial score (nSPS) is 11.7. The van der Waals surface area contributed by atoms with Crippen LogP contribution in [0.25, 0.3) is 0 Å². The highest BCUT2D eigenvalue weighted by Crippen LogP contribution is 2.20. The fourth-order valence-electron chi connectivity index (χ4n) is 1.98. The van der Waals surface area contributed by atoms with Crippen molar-refractivity contribution in [3.8, 4) is 0 Å². The van der Waals surface area contributed by atoms with Crippen molar-refractivity contribution >= 4 is 33.5 Å². The number of rotatable bonds is 4. The molecule has 0 radical (unpaired) electrons.